The Morgan fingerprint density at radius 2 is 1.87 bits per heavy atom. The van der Waals surface area contributed by atoms with Crippen molar-refractivity contribution in [2.24, 2.45) is 0 Å². The van der Waals surface area contributed by atoms with Gasteiger partial charge >= 0.3 is 0 Å². The highest BCUT2D eigenvalue weighted by Gasteiger charge is 2.32. The molecule has 1 N–H and O–H groups in total. The summed E-state index contributed by atoms with van der Waals surface area (Å²) in [4.78, 5) is 17.1. The number of amides is 1. The number of piperazine rings is 1. The number of anilines is 1. The maximum atomic E-state index is 13.1. The van der Waals surface area contributed by atoms with Crippen LogP contribution in [0.3, 0.4) is 0 Å². The van der Waals surface area contributed by atoms with Crippen molar-refractivity contribution in [2.75, 3.05) is 31.6 Å². The molecule has 1 aliphatic rings. The van der Waals surface area contributed by atoms with Gasteiger partial charge < -0.3 is 15.0 Å². The predicted octanol–water partition coefficient (Wildman–Crippen LogP) is 4.07. The first-order valence-corrected chi connectivity index (χ1v) is 10.6. The van der Waals surface area contributed by atoms with Gasteiger partial charge in [0.25, 0.3) is 5.91 Å². The lowest BCUT2D eigenvalue weighted by atomic mass is 10.1. The van der Waals surface area contributed by atoms with Crippen molar-refractivity contribution >= 4 is 11.6 Å². The van der Waals surface area contributed by atoms with E-state index in [1.807, 2.05) is 42.2 Å². The number of nitrogens with one attached hydrogen (secondary N) is 1. The normalized spacial score (nSPS) is 19.6. The number of hydrogen-bond donors (Lipinski definition) is 1. The predicted molar refractivity (Wildman–Crippen MR) is 118 cm³/mol. The summed E-state index contributed by atoms with van der Waals surface area (Å²) in [5, 5.41) is 3.31. The SMILES string of the molecule is CCNc1cc(OCC(=O)N2C[C@H](C)N(Cc3ccc(F)cc3)C[C@H]2C)ccc1C. The lowest BCUT2D eigenvalue weighted by Crippen LogP contribution is -2.58. The number of halogens is 1. The molecule has 1 fully saturated rings. The Kier molecular flexibility index (Phi) is 7.32. The molecule has 30 heavy (non-hydrogen) atoms. The summed E-state index contributed by atoms with van der Waals surface area (Å²) in [6.45, 7) is 11.3. The van der Waals surface area contributed by atoms with Gasteiger partial charge in [0, 0.05) is 50.0 Å². The van der Waals surface area contributed by atoms with Crippen molar-refractivity contribution in [3.8, 4) is 5.75 Å². The van der Waals surface area contributed by atoms with Crippen LogP contribution in [0.1, 0.15) is 31.9 Å². The molecule has 3 rings (SSSR count). The lowest BCUT2D eigenvalue weighted by Gasteiger charge is -2.44. The molecule has 162 valence electrons. The summed E-state index contributed by atoms with van der Waals surface area (Å²) >= 11 is 0. The van der Waals surface area contributed by atoms with Crippen LogP contribution in [0, 0.1) is 12.7 Å². The van der Waals surface area contributed by atoms with E-state index in [0.29, 0.717) is 12.3 Å². The molecule has 0 spiro atoms. The quantitative estimate of drug-likeness (QED) is 0.743. The van der Waals surface area contributed by atoms with E-state index in [2.05, 4.69) is 31.0 Å². The van der Waals surface area contributed by atoms with Crippen LogP contribution < -0.4 is 10.1 Å². The lowest BCUT2D eigenvalue weighted by molar-refractivity contribution is -0.139. The second-order valence-corrected chi connectivity index (χ2v) is 8.10. The monoisotopic (exact) mass is 413 g/mol. The highest BCUT2D eigenvalue weighted by molar-refractivity contribution is 5.78. The van der Waals surface area contributed by atoms with Gasteiger partial charge in [0.05, 0.1) is 0 Å². The first-order valence-electron chi connectivity index (χ1n) is 10.6. The molecule has 0 radical (unpaired) electrons. The third kappa shape index (κ3) is 5.51. The van der Waals surface area contributed by atoms with Gasteiger partial charge in [-0.05, 0) is 57.0 Å². The second-order valence-electron chi connectivity index (χ2n) is 8.10. The van der Waals surface area contributed by atoms with E-state index in [1.165, 1.54) is 12.1 Å². The van der Waals surface area contributed by atoms with Crippen LogP contribution in [0.4, 0.5) is 10.1 Å². The number of ether oxygens (including phenoxy) is 1. The smallest absolute Gasteiger partial charge is 0.260 e. The molecule has 0 saturated carbocycles. The molecule has 6 heteroatoms. The van der Waals surface area contributed by atoms with Gasteiger partial charge in [-0.1, -0.05) is 18.2 Å². The summed E-state index contributed by atoms with van der Waals surface area (Å²) in [7, 11) is 0. The minimum atomic E-state index is -0.221. The average molecular weight is 414 g/mol. The molecule has 2 aromatic rings. The van der Waals surface area contributed by atoms with Gasteiger partial charge in [-0.3, -0.25) is 9.69 Å². The number of hydrogen-bond acceptors (Lipinski definition) is 4. The van der Waals surface area contributed by atoms with Crippen LogP contribution >= 0.6 is 0 Å². The van der Waals surface area contributed by atoms with Gasteiger partial charge in [-0.2, -0.15) is 0 Å². The number of benzene rings is 2. The Bertz CT molecular complexity index is 856. The number of rotatable bonds is 7. The topological polar surface area (TPSA) is 44.8 Å². The molecular formula is C24H32FN3O2. The van der Waals surface area contributed by atoms with Crippen molar-refractivity contribution in [3.63, 3.8) is 0 Å². The number of nitrogens with zero attached hydrogens (tertiary/aromatic N) is 2. The maximum absolute atomic E-state index is 13.1. The molecule has 1 saturated heterocycles. The fraction of sp³-hybridized carbons (Fsp3) is 0.458. The molecule has 0 bridgehead atoms. The molecule has 1 amide bonds. The zero-order chi connectivity index (χ0) is 21.7. The highest BCUT2D eigenvalue weighted by atomic mass is 19.1. The van der Waals surface area contributed by atoms with Gasteiger partial charge in [0.15, 0.2) is 6.61 Å². The largest absolute Gasteiger partial charge is 0.484 e. The van der Waals surface area contributed by atoms with E-state index in [0.717, 1.165) is 36.4 Å². The van der Waals surface area contributed by atoms with E-state index < -0.39 is 0 Å². The molecule has 1 heterocycles. The third-order valence-corrected chi connectivity index (χ3v) is 5.67. The number of aryl methyl sites for hydroxylation is 1. The van der Waals surface area contributed by atoms with Crippen molar-refractivity contribution in [1.82, 2.24) is 9.80 Å². The Balaban J connectivity index is 1.56. The van der Waals surface area contributed by atoms with E-state index in [1.54, 1.807) is 0 Å². The first kappa shape index (κ1) is 22.1. The molecule has 2 aromatic carbocycles. The maximum Gasteiger partial charge on any atom is 0.260 e. The molecule has 1 aliphatic heterocycles. The van der Waals surface area contributed by atoms with Crippen molar-refractivity contribution in [1.29, 1.82) is 0 Å². The van der Waals surface area contributed by atoms with E-state index in [-0.39, 0.29) is 30.4 Å². The fourth-order valence-corrected chi connectivity index (χ4v) is 3.89. The summed E-state index contributed by atoms with van der Waals surface area (Å²) in [5.41, 5.74) is 3.25. The van der Waals surface area contributed by atoms with Gasteiger partial charge in [0.1, 0.15) is 11.6 Å². The Morgan fingerprint density at radius 1 is 1.13 bits per heavy atom. The molecule has 0 aliphatic carbocycles. The van der Waals surface area contributed by atoms with E-state index in [9.17, 15) is 9.18 Å². The van der Waals surface area contributed by atoms with Crippen molar-refractivity contribution in [2.45, 2.75) is 46.3 Å². The molecule has 0 aromatic heterocycles. The van der Waals surface area contributed by atoms with Crippen LogP contribution in [0.25, 0.3) is 0 Å². The number of carbonyl (C=O) groups excluding carboxylic acids is 1. The van der Waals surface area contributed by atoms with Gasteiger partial charge in [-0.15, -0.1) is 0 Å². The Morgan fingerprint density at radius 3 is 2.57 bits per heavy atom. The van der Waals surface area contributed by atoms with Gasteiger partial charge in [0.2, 0.25) is 0 Å². The Hall–Kier alpha value is -2.60. The zero-order valence-electron chi connectivity index (χ0n) is 18.3. The van der Waals surface area contributed by atoms with Gasteiger partial charge in [-0.25, -0.2) is 4.39 Å². The summed E-state index contributed by atoms with van der Waals surface area (Å²) in [6.07, 6.45) is 0. The summed E-state index contributed by atoms with van der Waals surface area (Å²) in [6, 6.07) is 12.8. The standard InChI is InChI=1S/C24H32FN3O2/c1-5-26-23-12-22(11-6-17(23)2)30-16-24(29)28-14-18(3)27(13-19(28)4)15-20-7-9-21(25)10-8-20/h6-12,18-19,26H,5,13-16H2,1-4H3/t18-,19+/m0/s1. The van der Waals surface area contributed by atoms with E-state index >= 15 is 0 Å². The molecular weight excluding hydrogens is 381 g/mol. The summed E-state index contributed by atoms with van der Waals surface area (Å²) < 4.78 is 18.9. The Labute approximate surface area is 178 Å². The van der Waals surface area contributed by atoms with Crippen molar-refractivity contribution < 1.29 is 13.9 Å². The average Bonchev–Trinajstić information content (AvgIpc) is 2.72. The van der Waals surface area contributed by atoms with Crippen LogP contribution in [-0.4, -0.2) is 54.0 Å². The molecule has 5 nitrogen and oxygen atoms in total. The van der Waals surface area contributed by atoms with Crippen LogP contribution in [0.15, 0.2) is 42.5 Å². The third-order valence-electron chi connectivity index (χ3n) is 5.67. The number of carbonyl (C=O) groups is 1. The van der Waals surface area contributed by atoms with Crippen LogP contribution in [0.5, 0.6) is 5.75 Å². The highest BCUT2D eigenvalue weighted by Crippen LogP contribution is 2.23. The van der Waals surface area contributed by atoms with E-state index in [4.69, 9.17) is 4.74 Å². The fourth-order valence-electron chi connectivity index (χ4n) is 3.89. The summed E-state index contributed by atoms with van der Waals surface area (Å²) in [5.74, 6) is 0.476. The minimum Gasteiger partial charge on any atom is -0.484 e. The van der Waals surface area contributed by atoms with Crippen LogP contribution in [-0.2, 0) is 11.3 Å². The molecule has 2 atom stereocenters. The minimum absolute atomic E-state index is 0.00126. The van der Waals surface area contributed by atoms with Crippen LogP contribution in [0.2, 0.25) is 0 Å². The second kappa shape index (κ2) is 9.94. The zero-order valence-corrected chi connectivity index (χ0v) is 18.3. The first-order chi connectivity index (χ1) is 14.4. The molecule has 0 unspecified atom stereocenters. The van der Waals surface area contributed by atoms with Crippen molar-refractivity contribution in [3.05, 3.63) is 59.4 Å².